The van der Waals surface area contributed by atoms with Crippen molar-refractivity contribution in [2.45, 2.75) is 39.3 Å². The van der Waals surface area contributed by atoms with Gasteiger partial charge in [0.25, 0.3) is 0 Å². The van der Waals surface area contributed by atoms with E-state index in [1.54, 1.807) is 36.4 Å². The summed E-state index contributed by atoms with van der Waals surface area (Å²) in [6.45, 7) is 7.09. The summed E-state index contributed by atoms with van der Waals surface area (Å²) in [6.07, 6.45) is 0. The van der Waals surface area contributed by atoms with Crippen LogP contribution in [0.2, 0.25) is 5.02 Å². The minimum absolute atomic E-state index is 0.0789. The van der Waals surface area contributed by atoms with Crippen molar-refractivity contribution in [1.82, 2.24) is 0 Å². The Morgan fingerprint density at radius 2 is 0.962 bits per heavy atom. The summed E-state index contributed by atoms with van der Waals surface area (Å²) in [6, 6.07) is 34.1. The molecule has 6 aromatic rings. The molecule has 0 aliphatic heterocycles. The second-order valence-corrected chi connectivity index (χ2v) is 13.4. The maximum Gasteiger partial charge on any atom is 0.202 e. The van der Waals surface area contributed by atoms with E-state index in [1.807, 2.05) is 60.7 Å². The molecule has 0 radical (unpaired) electrons. The number of phenols is 2. The van der Waals surface area contributed by atoms with Crippen LogP contribution in [0, 0.1) is 23.3 Å². The molecule has 4 N–H and O–H groups in total. The maximum absolute atomic E-state index is 13.4. The van der Waals surface area contributed by atoms with Crippen LogP contribution in [0.15, 0.2) is 121 Å². The van der Waals surface area contributed by atoms with Gasteiger partial charge in [-0.05, 0) is 107 Å². The number of hydrogen-bond donors (Lipinski definition) is 4. The summed E-state index contributed by atoms with van der Waals surface area (Å²) in [5.41, 5.74) is 3.26. The zero-order valence-corrected chi connectivity index (χ0v) is 29.8. The van der Waals surface area contributed by atoms with Crippen molar-refractivity contribution in [3.63, 3.8) is 0 Å². The minimum atomic E-state index is -1.27. The van der Waals surface area contributed by atoms with Crippen LogP contribution in [0.5, 0.6) is 34.5 Å². The van der Waals surface area contributed by atoms with Gasteiger partial charge >= 0.3 is 0 Å². The predicted molar refractivity (Wildman–Crippen MR) is 200 cm³/mol. The van der Waals surface area contributed by atoms with Crippen LogP contribution in [0.25, 0.3) is 0 Å². The molecule has 0 atom stereocenters. The first kappa shape index (κ1) is 38.4. The SMILES string of the molecule is CC(C)(C)c1ccc(Oc2cccc(CNc3ccc(F)c(F)c3O)c2)cc1.Oc1c(NCc2cccc(Oc3ccc(Cl)cc3)c2)ccc(F)c1F. The lowest BCUT2D eigenvalue weighted by molar-refractivity contribution is 0.408. The highest BCUT2D eigenvalue weighted by molar-refractivity contribution is 6.30. The van der Waals surface area contributed by atoms with Crippen molar-refractivity contribution in [2.24, 2.45) is 0 Å². The van der Waals surface area contributed by atoms with Gasteiger partial charge < -0.3 is 30.3 Å². The number of benzene rings is 6. The molecule has 0 fully saturated rings. The summed E-state index contributed by atoms with van der Waals surface area (Å²) in [4.78, 5) is 0. The molecular weight excluding hydrogens is 708 g/mol. The molecule has 0 unspecified atom stereocenters. The van der Waals surface area contributed by atoms with Crippen molar-refractivity contribution in [3.8, 4) is 34.5 Å². The molecule has 6 nitrogen and oxygen atoms in total. The van der Waals surface area contributed by atoms with E-state index in [1.165, 1.54) is 17.7 Å². The third-order valence-electron chi connectivity index (χ3n) is 7.91. The van der Waals surface area contributed by atoms with Gasteiger partial charge in [0.2, 0.25) is 11.6 Å². The monoisotopic (exact) mass is 744 g/mol. The summed E-state index contributed by atoms with van der Waals surface area (Å²) in [5.74, 6) is -3.53. The number of rotatable bonds is 10. The maximum atomic E-state index is 13.4. The number of anilines is 2. The molecule has 0 aliphatic rings. The molecular formula is C42H37ClF4N2O4. The van der Waals surface area contributed by atoms with Gasteiger partial charge in [0.15, 0.2) is 23.1 Å². The third-order valence-corrected chi connectivity index (χ3v) is 8.16. The Morgan fingerprint density at radius 3 is 1.38 bits per heavy atom. The third kappa shape index (κ3) is 10.6. The first-order valence-electron chi connectivity index (χ1n) is 16.5. The average Bonchev–Trinajstić information content (AvgIpc) is 3.14. The van der Waals surface area contributed by atoms with Gasteiger partial charge in [-0.25, -0.2) is 8.78 Å². The molecule has 0 saturated heterocycles. The molecule has 274 valence electrons. The lowest BCUT2D eigenvalue weighted by atomic mass is 9.87. The summed E-state index contributed by atoms with van der Waals surface area (Å²) in [7, 11) is 0. The molecule has 0 heterocycles. The van der Waals surface area contributed by atoms with Crippen molar-refractivity contribution >= 4 is 23.0 Å². The van der Waals surface area contributed by atoms with Gasteiger partial charge in [-0.3, -0.25) is 0 Å². The van der Waals surface area contributed by atoms with E-state index in [4.69, 9.17) is 21.1 Å². The molecule has 11 heteroatoms. The molecule has 53 heavy (non-hydrogen) atoms. The van der Waals surface area contributed by atoms with E-state index in [9.17, 15) is 27.8 Å². The number of ether oxygens (including phenoxy) is 2. The molecule has 0 amide bonds. The van der Waals surface area contributed by atoms with Gasteiger partial charge in [0.1, 0.15) is 23.0 Å². The molecule has 6 aromatic carbocycles. The van der Waals surface area contributed by atoms with Crippen LogP contribution in [-0.4, -0.2) is 10.2 Å². The van der Waals surface area contributed by atoms with E-state index < -0.39 is 34.8 Å². The molecule has 0 saturated carbocycles. The Morgan fingerprint density at radius 1 is 0.547 bits per heavy atom. The fourth-order valence-electron chi connectivity index (χ4n) is 5.00. The molecule has 6 rings (SSSR count). The van der Waals surface area contributed by atoms with Crippen LogP contribution in [0.3, 0.4) is 0 Å². The van der Waals surface area contributed by atoms with E-state index in [0.717, 1.165) is 29.0 Å². The smallest absolute Gasteiger partial charge is 0.202 e. The number of phenolic OH excluding ortho intramolecular Hbond substituents is 2. The Labute approximate surface area is 310 Å². The molecule has 0 aliphatic carbocycles. The minimum Gasteiger partial charge on any atom is -0.503 e. The van der Waals surface area contributed by atoms with Crippen LogP contribution < -0.4 is 20.1 Å². The summed E-state index contributed by atoms with van der Waals surface area (Å²) >= 11 is 5.84. The molecule has 0 spiro atoms. The zero-order valence-electron chi connectivity index (χ0n) is 29.1. The lowest BCUT2D eigenvalue weighted by Gasteiger charge is -2.19. The quantitative estimate of drug-likeness (QED) is 0.0826. The van der Waals surface area contributed by atoms with Gasteiger partial charge in [0, 0.05) is 18.1 Å². The molecule has 0 bridgehead atoms. The van der Waals surface area contributed by atoms with Crippen molar-refractivity contribution < 1.29 is 37.2 Å². The highest BCUT2D eigenvalue weighted by Gasteiger charge is 2.15. The van der Waals surface area contributed by atoms with Gasteiger partial charge in [0.05, 0.1) is 11.4 Å². The highest BCUT2D eigenvalue weighted by atomic mass is 35.5. The standard InChI is InChI=1S/C23H23F2NO2.C19H14ClF2NO2/c1-23(2,3)16-7-9-17(10-8-16)28-18-6-4-5-15(13-18)14-26-20-12-11-19(24)21(25)22(20)27;20-13-4-6-14(7-5-13)25-15-3-1-2-12(10-15)11-23-17-9-8-16(21)18(22)19(17)24/h4-13,26-27H,14H2,1-3H3;1-10,23-24H,11H2. The summed E-state index contributed by atoms with van der Waals surface area (Å²) < 4.78 is 64.6. The first-order valence-corrected chi connectivity index (χ1v) is 16.9. The number of halogens is 5. The fraction of sp³-hybridized carbons (Fsp3) is 0.143. The fourth-order valence-corrected chi connectivity index (χ4v) is 5.12. The van der Waals surface area contributed by atoms with E-state index in [2.05, 4.69) is 31.4 Å². The Kier molecular flexibility index (Phi) is 12.4. The van der Waals surface area contributed by atoms with Crippen molar-refractivity contribution in [3.05, 3.63) is 166 Å². The number of nitrogens with one attached hydrogen (secondary N) is 2. The largest absolute Gasteiger partial charge is 0.503 e. The topological polar surface area (TPSA) is 83.0 Å². The number of aromatic hydroxyl groups is 2. The van der Waals surface area contributed by atoms with Crippen LogP contribution in [0.1, 0.15) is 37.5 Å². The second kappa shape index (κ2) is 17.1. The average molecular weight is 745 g/mol. The number of hydrogen-bond acceptors (Lipinski definition) is 6. The van der Waals surface area contributed by atoms with Crippen molar-refractivity contribution in [1.29, 1.82) is 0 Å². The van der Waals surface area contributed by atoms with Crippen LogP contribution in [0.4, 0.5) is 28.9 Å². The van der Waals surface area contributed by atoms with Crippen LogP contribution in [-0.2, 0) is 18.5 Å². The second-order valence-electron chi connectivity index (χ2n) is 12.9. The normalized spacial score (nSPS) is 10.9. The Hall–Kier alpha value is -5.87. The van der Waals surface area contributed by atoms with Crippen molar-refractivity contribution in [2.75, 3.05) is 10.6 Å². The predicted octanol–water partition coefficient (Wildman–Crippen LogP) is 12.1. The van der Waals surface area contributed by atoms with E-state index >= 15 is 0 Å². The Bertz CT molecular complexity index is 2160. The summed E-state index contributed by atoms with van der Waals surface area (Å²) in [5, 5.41) is 25.7. The highest BCUT2D eigenvalue weighted by Crippen LogP contribution is 2.31. The van der Waals surface area contributed by atoms with E-state index in [0.29, 0.717) is 35.4 Å². The first-order chi connectivity index (χ1) is 25.3. The Balaban J connectivity index is 0.000000206. The van der Waals surface area contributed by atoms with Gasteiger partial charge in [-0.2, -0.15) is 8.78 Å². The lowest BCUT2D eigenvalue weighted by Crippen LogP contribution is -2.10. The van der Waals surface area contributed by atoms with Crippen LogP contribution >= 0.6 is 11.6 Å². The van der Waals surface area contributed by atoms with Gasteiger partial charge in [-0.1, -0.05) is 68.8 Å². The zero-order chi connectivity index (χ0) is 38.1. The van der Waals surface area contributed by atoms with E-state index in [-0.39, 0.29) is 16.8 Å². The molecule has 0 aromatic heterocycles. The van der Waals surface area contributed by atoms with Gasteiger partial charge in [-0.15, -0.1) is 0 Å².